The Bertz CT molecular complexity index is 841. The maximum absolute atomic E-state index is 10.2. The Morgan fingerprint density at radius 3 is 2.39 bits per heavy atom. The largest absolute Gasteiger partial charge is 0.508 e. The van der Waals surface area contributed by atoms with Crippen LogP contribution >= 0.6 is 0 Å². The number of nitrogens with zero attached hydrogens (tertiary/aromatic N) is 1. The average molecular weight is 304 g/mol. The Hall–Kier alpha value is -2.94. The third kappa shape index (κ3) is 2.86. The van der Waals surface area contributed by atoms with E-state index < -0.39 is 0 Å². The molecule has 0 saturated heterocycles. The van der Waals surface area contributed by atoms with E-state index in [2.05, 4.69) is 6.07 Å². The molecule has 3 aromatic carbocycles. The average Bonchev–Trinajstić information content (AvgIpc) is 2.54. The van der Waals surface area contributed by atoms with Gasteiger partial charge in [0, 0.05) is 36.5 Å². The van der Waals surface area contributed by atoms with Gasteiger partial charge in [-0.05, 0) is 35.9 Å². The normalized spacial score (nSPS) is 10.5. The topological polar surface area (TPSA) is 43.7 Å². The summed E-state index contributed by atoms with van der Waals surface area (Å²) in [5, 5.41) is 20.1. The maximum Gasteiger partial charge on any atom is 0.123 e. The molecule has 3 nitrogen and oxygen atoms in total. The summed E-state index contributed by atoms with van der Waals surface area (Å²) in [4.78, 5) is 2.01. The molecule has 0 amide bonds. The van der Waals surface area contributed by atoms with Gasteiger partial charge >= 0.3 is 0 Å². The molecule has 0 aliphatic rings. The molecule has 0 heterocycles. The van der Waals surface area contributed by atoms with Crippen molar-refractivity contribution in [2.75, 3.05) is 19.0 Å². The minimum atomic E-state index is 0.208. The van der Waals surface area contributed by atoms with Crippen LogP contribution in [0.1, 0.15) is 0 Å². The van der Waals surface area contributed by atoms with Gasteiger partial charge < -0.3 is 15.1 Å². The third-order valence-corrected chi connectivity index (χ3v) is 3.77. The molecule has 3 rings (SSSR count). The molecule has 115 valence electrons. The van der Waals surface area contributed by atoms with Crippen molar-refractivity contribution in [1.29, 1.82) is 0 Å². The molecule has 0 spiro atoms. The number of aromatic hydroxyl groups is 2. The van der Waals surface area contributed by atoms with E-state index >= 15 is 0 Å². The molecule has 1 radical (unpaired) electrons. The lowest BCUT2D eigenvalue weighted by molar-refractivity contribution is 0.475. The molecular weight excluding hydrogens is 286 g/mol. The van der Waals surface area contributed by atoms with Crippen LogP contribution in [0.25, 0.3) is 22.3 Å². The van der Waals surface area contributed by atoms with Gasteiger partial charge in [0.2, 0.25) is 0 Å². The van der Waals surface area contributed by atoms with Gasteiger partial charge in [-0.2, -0.15) is 0 Å². The first-order valence-electron chi connectivity index (χ1n) is 7.37. The van der Waals surface area contributed by atoms with Crippen LogP contribution in [0, 0.1) is 6.07 Å². The maximum atomic E-state index is 10.2. The van der Waals surface area contributed by atoms with Crippen molar-refractivity contribution in [1.82, 2.24) is 0 Å². The molecule has 0 bridgehead atoms. The summed E-state index contributed by atoms with van der Waals surface area (Å²) in [6.07, 6.45) is 0. The second-order valence-electron chi connectivity index (χ2n) is 5.57. The van der Waals surface area contributed by atoms with Crippen molar-refractivity contribution in [3.05, 3.63) is 66.7 Å². The molecular formula is C20H18NO2. The van der Waals surface area contributed by atoms with Crippen LogP contribution in [0.2, 0.25) is 0 Å². The van der Waals surface area contributed by atoms with E-state index in [1.165, 1.54) is 0 Å². The van der Waals surface area contributed by atoms with E-state index in [1.54, 1.807) is 24.3 Å². The first-order valence-corrected chi connectivity index (χ1v) is 7.37. The van der Waals surface area contributed by atoms with Crippen LogP contribution < -0.4 is 4.90 Å². The lowest BCUT2D eigenvalue weighted by atomic mass is 9.92. The van der Waals surface area contributed by atoms with E-state index in [0.717, 1.165) is 27.9 Å². The van der Waals surface area contributed by atoms with Crippen molar-refractivity contribution in [3.63, 3.8) is 0 Å². The van der Waals surface area contributed by atoms with Crippen molar-refractivity contribution in [3.8, 4) is 33.8 Å². The highest BCUT2D eigenvalue weighted by Crippen LogP contribution is 2.42. The molecule has 0 saturated carbocycles. The van der Waals surface area contributed by atoms with E-state index in [0.29, 0.717) is 0 Å². The number of phenolic OH excluding ortho intramolecular Hbond substituents is 2. The SMILES string of the molecule is CN(C)c1cc[c]c(-c2ccccc2O)c1-c1cccc(O)c1. The van der Waals surface area contributed by atoms with Crippen LogP contribution in [-0.4, -0.2) is 24.3 Å². The summed E-state index contributed by atoms with van der Waals surface area (Å²) in [6, 6.07) is 21.4. The Labute approximate surface area is 136 Å². The van der Waals surface area contributed by atoms with Gasteiger partial charge in [0.15, 0.2) is 0 Å². The summed E-state index contributed by atoms with van der Waals surface area (Å²) in [5.41, 5.74) is 4.32. The van der Waals surface area contributed by atoms with Gasteiger partial charge in [-0.1, -0.05) is 36.4 Å². The zero-order chi connectivity index (χ0) is 16.4. The highest BCUT2D eigenvalue weighted by atomic mass is 16.3. The lowest BCUT2D eigenvalue weighted by Gasteiger charge is -2.21. The van der Waals surface area contributed by atoms with E-state index in [9.17, 15) is 10.2 Å². The van der Waals surface area contributed by atoms with E-state index in [4.69, 9.17) is 0 Å². The van der Waals surface area contributed by atoms with Gasteiger partial charge in [-0.15, -0.1) is 0 Å². The van der Waals surface area contributed by atoms with Gasteiger partial charge in [0.1, 0.15) is 11.5 Å². The summed E-state index contributed by atoms with van der Waals surface area (Å²) in [7, 11) is 3.94. The third-order valence-electron chi connectivity index (χ3n) is 3.77. The van der Waals surface area contributed by atoms with Crippen LogP contribution in [0.3, 0.4) is 0 Å². The standard InChI is InChI=1S/C20H18NO2/c1-21(2)18-11-6-10-17(16-9-3-4-12-19(16)23)20(18)14-7-5-8-15(22)13-14/h3-9,11-13,22-23H,1-2H3. The second kappa shape index (κ2) is 6.05. The summed E-state index contributed by atoms with van der Waals surface area (Å²) in [5.74, 6) is 0.417. The Balaban J connectivity index is 2.33. The molecule has 0 aliphatic carbocycles. The van der Waals surface area contributed by atoms with Crippen molar-refractivity contribution in [2.24, 2.45) is 0 Å². The van der Waals surface area contributed by atoms with Crippen molar-refractivity contribution in [2.45, 2.75) is 0 Å². The summed E-state index contributed by atoms with van der Waals surface area (Å²) in [6.45, 7) is 0. The highest BCUT2D eigenvalue weighted by molar-refractivity contribution is 5.93. The fourth-order valence-electron chi connectivity index (χ4n) is 2.71. The fourth-order valence-corrected chi connectivity index (χ4v) is 2.71. The van der Waals surface area contributed by atoms with Crippen LogP contribution in [0.4, 0.5) is 5.69 Å². The molecule has 0 atom stereocenters. The lowest BCUT2D eigenvalue weighted by Crippen LogP contribution is -2.10. The fraction of sp³-hybridized carbons (Fsp3) is 0.100. The Morgan fingerprint density at radius 2 is 1.70 bits per heavy atom. The summed E-state index contributed by atoms with van der Waals surface area (Å²) >= 11 is 0. The number of anilines is 1. The van der Waals surface area contributed by atoms with Crippen molar-refractivity contribution >= 4 is 5.69 Å². The molecule has 23 heavy (non-hydrogen) atoms. The molecule has 3 aromatic rings. The highest BCUT2D eigenvalue weighted by Gasteiger charge is 2.16. The minimum Gasteiger partial charge on any atom is -0.508 e. The van der Waals surface area contributed by atoms with Crippen LogP contribution in [0.15, 0.2) is 60.7 Å². The van der Waals surface area contributed by atoms with Gasteiger partial charge in [0.05, 0.1) is 0 Å². The Morgan fingerprint density at radius 1 is 0.913 bits per heavy atom. The number of rotatable bonds is 3. The van der Waals surface area contributed by atoms with Crippen LogP contribution in [-0.2, 0) is 0 Å². The number of hydrogen-bond donors (Lipinski definition) is 2. The number of para-hydroxylation sites is 1. The quantitative estimate of drug-likeness (QED) is 0.758. The second-order valence-corrected chi connectivity index (χ2v) is 5.57. The molecule has 0 aliphatic heterocycles. The first-order chi connectivity index (χ1) is 11.1. The number of phenols is 2. The minimum absolute atomic E-state index is 0.208. The number of benzene rings is 3. The molecule has 0 unspecified atom stereocenters. The predicted molar refractivity (Wildman–Crippen MR) is 93.8 cm³/mol. The predicted octanol–water partition coefficient (Wildman–Crippen LogP) is 4.30. The molecule has 0 aromatic heterocycles. The molecule has 3 heteroatoms. The smallest absolute Gasteiger partial charge is 0.123 e. The van der Waals surface area contributed by atoms with Gasteiger partial charge in [-0.25, -0.2) is 0 Å². The van der Waals surface area contributed by atoms with Crippen molar-refractivity contribution < 1.29 is 10.2 Å². The summed E-state index contributed by atoms with van der Waals surface area (Å²) < 4.78 is 0. The van der Waals surface area contributed by atoms with Crippen LogP contribution in [0.5, 0.6) is 11.5 Å². The van der Waals surface area contributed by atoms with E-state index in [1.807, 2.05) is 55.4 Å². The zero-order valence-corrected chi connectivity index (χ0v) is 13.1. The van der Waals surface area contributed by atoms with Gasteiger partial charge in [0.25, 0.3) is 0 Å². The first kappa shape index (κ1) is 15.0. The number of hydrogen-bond acceptors (Lipinski definition) is 3. The Kier molecular flexibility index (Phi) is 3.94. The molecule has 0 fully saturated rings. The van der Waals surface area contributed by atoms with Gasteiger partial charge in [-0.3, -0.25) is 0 Å². The molecule has 2 N–H and O–H groups in total. The monoisotopic (exact) mass is 304 g/mol. The zero-order valence-electron chi connectivity index (χ0n) is 13.1. The van der Waals surface area contributed by atoms with E-state index in [-0.39, 0.29) is 11.5 Å².